The van der Waals surface area contributed by atoms with Crippen molar-refractivity contribution in [3.8, 4) is 0 Å². The van der Waals surface area contributed by atoms with Crippen molar-refractivity contribution < 1.29 is 4.79 Å². The maximum absolute atomic E-state index is 12.5. The van der Waals surface area contributed by atoms with Gasteiger partial charge in [0.1, 0.15) is 0 Å². The molecule has 20 heavy (non-hydrogen) atoms. The van der Waals surface area contributed by atoms with Crippen LogP contribution in [0, 0.1) is 0 Å². The summed E-state index contributed by atoms with van der Waals surface area (Å²) in [5.41, 5.74) is 2.40. The van der Waals surface area contributed by atoms with Crippen LogP contribution in [-0.2, 0) is 4.79 Å². The van der Waals surface area contributed by atoms with Gasteiger partial charge in [-0.3, -0.25) is 4.79 Å². The summed E-state index contributed by atoms with van der Waals surface area (Å²) in [6.45, 7) is 8.29. The van der Waals surface area contributed by atoms with Crippen molar-refractivity contribution in [2.75, 3.05) is 18.0 Å². The number of carbonyl (C=O) groups excluding carboxylic acids is 1. The molecule has 110 valence electrons. The number of anilines is 1. The Morgan fingerprint density at radius 3 is 2.80 bits per heavy atom. The number of nitrogens with one attached hydrogen (secondary N) is 1. The summed E-state index contributed by atoms with van der Waals surface area (Å²) in [4.78, 5) is 14.5. The zero-order valence-corrected chi connectivity index (χ0v) is 12.9. The lowest BCUT2D eigenvalue weighted by Gasteiger charge is -2.23. The second-order valence-corrected chi connectivity index (χ2v) is 5.65. The topological polar surface area (TPSA) is 32.3 Å². The van der Waals surface area contributed by atoms with Gasteiger partial charge in [-0.1, -0.05) is 39.0 Å². The number of nitrogens with zero attached hydrogens (tertiary/aromatic N) is 1. The standard InChI is InChI=1S/C17H26N2O/c1-4-11-18-15-10-12-19(17(15)20)16-9-7-6-8-14(16)13(3)5-2/h6-9,13,15,18H,4-5,10-12H2,1-3H3. The molecule has 1 amide bonds. The first-order chi connectivity index (χ1) is 9.69. The van der Waals surface area contributed by atoms with Gasteiger partial charge in [0.2, 0.25) is 5.91 Å². The van der Waals surface area contributed by atoms with E-state index in [2.05, 4.69) is 44.3 Å². The van der Waals surface area contributed by atoms with Gasteiger partial charge in [-0.25, -0.2) is 0 Å². The third-order valence-electron chi connectivity index (χ3n) is 4.22. The molecule has 2 unspecified atom stereocenters. The molecule has 1 aromatic carbocycles. The van der Waals surface area contributed by atoms with Crippen molar-refractivity contribution in [1.29, 1.82) is 0 Å². The normalized spacial score (nSPS) is 20.4. The van der Waals surface area contributed by atoms with Crippen LogP contribution in [0.5, 0.6) is 0 Å². The fourth-order valence-corrected chi connectivity index (χ4v) is 2.80. The van der Waals surface area contributed by atoms with Crippen LogP contribution in [0.4, 0.5) is 5.69 Å². The molecule has 1 saturated heterocycles. The molecular formula is C17H26N2O. The van der Waals surface area contributed by atoms with Crippen molar-refractivity contribution >= 4 is 11.6 Å². The number of amides is 1. The first-order valence-corrected chi connectivity index (χ1v) is 7.82. The molecule has 1 heterocycles. The lowest BCUT2D eigenvalue weighted by Crippen LogP contribution is -2.38. The Balaban J connectivity index is 2.18. The summed E-state index contributed by atoms with van der Waals surface area (Å²) in [6, 6.07) is 8.34. The van der Waals surface area contributed by atoms with Crippen LogP contribution in [-0.4, -0.2) is 25.0 Å². The van der Waals surface area contributed by atoms with Crippen LogP contribution in [0.2, 0.25) is 0 Å². The molecule has 1 fully saturated rings. The lowest BCUT2D eigenvalue weighted by molar-refractivity contribution is -0.118. The third-order valence-corrected chi connectivity index (χ3v) is 4.22. The van der Waals surface area contributed by atoms with Crippen LogP contribution in [0.3, 0.4) is 0 Å². The summed E-state index contributed by atoms with van der Waals surface area (Å²) < 4.78 is 0. The predicted octanol–water partition coefficient (Wildman–Crippen LogP) is 3.31. The molecule has 0 bridgehead atoms. The molecule has 1 N–H and O–H groups in total. The zero-order valence-electron chi connectivity index (χ0n) is 12.9. The highest BCUT2D eigenvalue weighted by Crippen LogP contribution is 2.32. The van der Waals surface area contributed by atoms with E-state index >= 15 is 0 Å². The number of para-hydroxylation sites is 1. The van der Waals surface area contributed by atoms with Crippen molar-refractivity contribution in [2.45, 2.75) is 52.0 Å². The minimum absolute atomic E-state index is 0.0000567. The van der Waals surface area contributed by atoms with Crippen molar-refractivity contribution in [2.24, 2.45) is 0 Å². The van der Waals surface area contributed by atoms with E-state index < -0.39 is 0 Å². The van der Waals surface area contributed by atoms with Crippen LogP contribution >= 0.6 is 0 Å². The summed E-state index contributed by atoms with van der Waals surface area (Å²) in [5, 5.41) is 3.35. The molecular weight excluding hydrogens is 248 g/mol. The maximum Gasteiger partial charge on any atom is 0.244 e. The fraction of sp³-hybridized carbons (Fsp3) is 0.588. The number of hydrogen-bond donors (Lipinski definition) is 1. The average Bonchev–Trinajstić information content (AvgIpc) is 2.85. The van der Waals surface area contributed by atoms with Crippen LogP contribution < -0.4 is 10.2 Å². The summed E-state index contributed by atoms with van der Waals surface area (Å²) in [5.74, 6) is 0.718. The van der Waals surface area contributed by atoms with E-state index in [1.165, 1.54) is 5.56 Å². The van der Waals surface area contributed by atoms with Crippen LogP contribution in [0.1, 0.15) is 51.5 Å². The first kappa shape index (κ1) is 15.0. The lowest BCUT2D eigenvalue weighted by atomic mass is 9.96. The van der Waals surface area contributed by atoms with Gasteiger partial charge in [-0.2, -0.15) is 0 Å². The molecule has 0 radical (unpaired) electrons. The second-order valence-electron chi connectivity index (χ2n) is 5.65. The molecule has 2 atom stereocenters. The Morgan fingerprint density at radius 1 is 1.35 bits per heavy atom. The smallest absolute Gasteiger partial charge is 0.244 e. The first-order valence-electron chi connectivity index (χ1n) is 7.82. The van der Waals surface area contributed by atoms with Crippen molar-refractivity contribution in [3.63, 3.8) is 0 Å². The summed E-state index contributed by atoms with van der Waals surface area (Å²) >= 11 is 0. The Hall–Kier alpha value is -1.35. The summed E-state index contributed by atoms with van der Waals surface area (Å²) in [6.07, 6.45) is 3.07. The molecule has 0 saturated carbocycles. The van der Waals surface area contributed by atoms with E-state index in [1.54, 1.807) is 0 Å². The Bertz CT molecular complexity index is 458. The molecule has 3 nitrogen and oxygen atoms in total. The highest BCUT2D eigenvalue weighted by Gasteiger charge is 2.33. The van der Waals surface area contributed by atoms with Crippen LogP contribution in [0.15, 0.2) is 24.3 Å². The van der Waals surface area contributed by atoms with Gasteiger partial charge in [-0.05, 0) is 43.4 Å². The Labute approximate surface area is 122 Å². The van der Waals surface area contributed by atoms with Gasteiger partial charge in [0.25, 0.3) is 0 Å². The molecule has 0 aromatic heterocycles. The van der Waals surface area contributed by atoms with Gasteiger partial charge in [0.05, 0.1) is 6.04 Å². The summed E-state index contributed by atoms with van der Waals surface area (Å²) in [7, 11) is 0. The van der Waals surface area contributed by atoms with Crippen LogP contribution in [0.25, 0.3) is 0 Å². The fourth-order valence-electron chi connectivity index (χ4n) is 2.80. The van der Waals surface area contributed by atoms with E-state index in [-0.39, 0.29) is 11.9 Å². The zero-order chi connectivity index (χ0) is 14.5. The van der Waals surface area contributed by atoms with Gasteiger partial charge < -0.3 is 10.2 Å². The predicted molar refractivity (Wildman–Crippen MR) is 84.2 cm³/mol. The highest BCUT2D eigenvalue weighted by atomic mass is 16.2. The van der Waals surface area contributed by atoms with Gasteiger partial charge >= 0.3 is 0 Å². The quantitative estimate of drug-likeness (QED) is 0.863. The number of rotatable bonds is 6. The minimum Gasteiger partial charge on any atom is -0.311 e. The number of benzene rings is 1. The molecule has 1 aromatic rings. The van der Waals surface area contributed by atoms with Crippen molar-refractivity contribution in [1.82, 2.24) is 5.32 Å². The third kappa shape index (κ3) is 3.04. The molecule has 0 aliphatic carbocycles. The molecule has 3 heteroatoms. The minimum atomic E-state index is -0.0000567. The van der Waals surface area contributed by atoms with Gasteiger partial charge in [0, 0.05) is 12.2 Å². The number of carbonyl (C=O) groups is 1. The Kier molecular flexibility index (Phi) is 5.18. The Morgan fingerprint density at radius 2 is 2.10 bits per heavy atom. The second kappa shape index (κ2) is 6.89. The van der Waals surface area contributed by atoms with E-state index in [0.29, 0.717) is 5.92 Å². The molecule has 2 rings (SSSR count). The van der Waals surface area contributed by atoms with E-state index in [9.17, 15) is 4.79 Å². The van der Waals surface area contributed by atoms with E-state index in [4.69, 9.17) is 0 Å². The van der Waals surface area contributed by atoms with Gasteiger partial charge in [0.15, 0.2) is 0 Å². The number of hydrogen-bond acceptors (Lipinski definition) is 2. The van der Waals surface area contributed by atoms with E-state index in [0.717, 1.165) is 38.0 Å². The molecule has 1 aliphatic heterocycles. The van der Waals surface area contributed by atoms with Crippen molar-refractivity contribution in [3.05, 3.63) is 29.8 Å². The van der Waals surface area contributed by atoms with E-state index in [1.807, 2.05) is 11.0 Å². The highest BCUT2D eigenvalue weighted by molar-refractivity contribution is 6.00. The molecule has 1 aliphatic rings. The van der Waals surface area contributed by atoms with Gasteiger partial charge in [-0.15, -0.1) is 0 Å². The maximum atomic E-state index is 12.5. The monoisotopic (exact) mass is 274 g/mol. The average molecular weight is 274 g/mol. The largest absolute Gasteiger partial charge is 0.311 e. The SMILES string of the molecule is CCCNC1CCN(c2ccccc2C(C)CC)C1=O. The molecule has 0 spiro atoms.